The number of H-pyrrole nitrogens is 1. The molecule has 0 fully saturated rings. The first-order valence-electron chi connectivity index (χ1n) is 4.77. The monoisotopic (exact) mass is 254 g/mol. The van der Waals surface area contributed by atoms with Crippen molar-refractivity contribution >= 4 is 11.6 Å². The van der Waals surface area contributed by atoms with Gasteiger partial charge in [0.25, 0.3) is 5.56 Å². The maximum atomic E-state index is 12.9. The third-order valence-corrected chi connectivity index (χ3v) is 2.50. The van der Waals surface area contributed by atoms with E-state index in [1.165, 1.54) is 18.2 Å². The Morgan fingerprint density at radius 2 is 2.00 bits per heavy atom. The lowest BCUT2D eigenvalue weighted by molar-refractivity contribution is 0.625. The standard InChI is InChI=1S/C11H8ClFN2O2/c1-6-4-7(13)2-3-8(6)15-10(16)5-9(12)14-11(15)17/h2-5H,1H3,(H,14,17). The van der Waals surface area contributed by atoms with Gasteiger partial charge in [-0.1, -0.05) is 11.6 Å². The van der Waals surface area contributed by atoms with Gasteiger partial charge in [0.05, 0.1) is 5.69 Å². The highest BCUT2D eigenvalue weighted by Gasteiger charge is 2.08. The van der Waals surface area contributed by atoms with Gasteiger partial charge in [-0.05, 0) is 30.7 Å². The van der Waals surface area contributed by atoms with E-state index in [0.717, 1.165) is 10.6 Å². The van der Waals surface area contributed by atoms with E-state index >= 15 is 0 Å². The van der Waals surface area contributed by atoms with Crippen molar-refractivity contribution in [3.05, 3.63) is 61.6 Å². The van der Waals surface area contributed by atoms with Crippen LogP contribution in [0.2, 0.25) is 5.15 Å². The number of aryl methyl sites for hydroxylation is 1. The minimum atomic E-state index is -0.655. The van der Waals surface area contributed by atoms with Gasteiger partial charge >= 0.3 is 5.69 Å². The van der Waals surface area contributed by atoms with E-state index in [9.17, 15) is 14.0 Å². The van der Waals surface area contributed by atoms with Crippen LogP contribution in [-0.2, 0) is 0 Å². The summed E-state index contributed by atoms with van der Waals surface area (Å²) in [6.07, 6.45) is 0. The second-order valence-corrected chi connectivity index (χ2v) is 3.93. The maximum Gasteiger partial charge on any atom is 0.334 e. The molecule has 1 heterocycles. The summed E-state index contributed by atoms with van der Waals surface area (Å²) >= 11 is 5.55. The van der Waals surface area contributed by atoms with E-state index in [0.29, 0.717) is 11.3 Å². The van der Waals surface area contributed by atoms with E-state index < -0.39 is 17.1 Å². The Morgan fingerprint density at radius 3 is 2.59 bits per heavy atom. The van der Waals surface area contributed by atoms with Crippen molar-refractivity contribution < 1.29 is 4.39 Å². The van der Waals surface area contributed by atoms with Crippen molar-refractivity contribution in [1.29, 1.82) is 0 Å². The van der Waals surface area contributed by atoms with Crippen molar-refractivity contribution in [1.82, 2.24) is 9.55 Å². The molecule has 6 heteroatoms. The SMILES string of the molecule is Cc1cc(F)ccc1-n1c(=O)cc(Cl)[nH]c1=O. The molecule has 0 saturated carbocycles. The molecular formula is C11H8ClFN2O2. The molecule has 0 aliphatic carbocycles. The van der Waals surface area contributed by atoms with Crippen LogP contribution >= 0.6 is 11.6 Å². The van der Waals surface area contributed by atoms with Gasteiger partial charge in [-0.15, -0.1) is 0 Å². The number of nitrogens with zero attached hydrogens (tertiary/aromatic N) is 1. The Bertz CT molecular complexity index is 659. The van der Waals surface area contributed by atoms with Crippen LogP contribution in [0, 0.1) is 12.7 Å². The summed E-state index contributed by atoms with van der Waals surface area (Å²) in [6, 6.07) is 4.89. The third kappa shape index (κ3) is 2.14. The molecule has 88 valence electrons. The number of aromatic nitrogens is 2. The van der Waals surface area contributed by atoms with Gasteiger partial charge in [0.15, 0.2) is 0 Å². The molecule has 0 unspecified atom stereocenters. The van der Waals surface area contributed by atoms with Gasteiger partial charge in [0, 0.05) is 6.07 Å². The molecular weight excluding hydrogens is 247 g/mol. The first kappa shape index (κ1) is 11.6. The minimum absolute atomic E-state index is 0.0315. The van der Waals surface area contributed by atoms with Gasteiger partial charge in [-0.3, -0.25) is 9.78 Å². The number of hydrogen-bond donors (Lipinski definition) is 1. The Balaban J connectivity index is 2.78. The fourth-order valence-electron chi connectivity index (χ4n) is 1.57. The lowest BCUT2D eigenvalue weighted by atomic mass is 10.2. The topological polar surface area (TPSA) is 54.9 Å². The molecule has 1 aromatic heterocycles. The van der Waals surface area contributed by atoms with Crippen LogP contribution in [0.4, 0.5) is 4.39 Å². The molecule has 4 nitrogen and oxygen atoms in total. The summed E-state index contributed by atoms with van der Waals surface area (Å²) in [7, 11) is 0. The second kappa shape index (κ2) is 4.18. The quantitative estimate of drug-likeness (QED) is 0.787. The molecule has 0 radical (unpaired) electrons. The summed E-state index contributed by atoms with van der Waals surface area (Å²) < 4.78 is 13.8. The first-order chi connectivity index (χ1) is 7.99. The minimum Gasteiger partial charge on any atom is -0.297 e. The number of benzene rings is 1. The molecule has 2 rings (SSSR count). The van der Waals surface area contributed by atoms with Crippen LogP contribution in [0.1, 0.15) is 5.56 Å². The van der Waals surface area contributed by atoms with Crippen LogP contribution in [0.25, 0.3) is 5.69 Å². The van der Waals surface area contributed by atoms with Gasteiger partial charge in [0.1, 0.15) is 11.0 Å². The van der Waals surface area contributed by atoms with Gasteiger partial charge in [-0.2, -0.15) is 0 Å². The molecule has 0 amide bonds. The van der Waals surface area contributed by atoms with Gasteiger partial charge in [-0.25, -0.2) is 13.8 Å². The van der Waals surface area contributed by atoms with E-state index in [-0.39, 0.29) is 5.15 Å². The van der Waals surface area contributed by atoms with Crippen LogP contribution < -0.4 is 11.2 Å². The number of hydrogen-bond acceptors (Lipinski definition) is 2. The van der Waals surface area contributed by atoms with Gasteiger partial charge < -0.3 is 0 Å². The molecule has 0 aliphatic heterocycles. The number of halogens is 2. The van der Waals surface area contributed by atoms with Gasteiger partial charge in [0.2, 0.25) is 0 Å². The predicted octanol–water partition coefficient (Wildman–Crippen LogP) is 1.63. The van der Waals surface area contributed by atoms with E-state index in [2.05, 4.69) is 4.98 Å². The fourth-order valence-corrected chi connectivity index (χ4v) is 1.74. The lowest BCUT2D eigenvalue weighted by Gasteiger charge is -2.07. The summed E-state index contributed by atoms with van der Waals surface area (Å²) in [5, 5.41) is -0.0315. The normalized spacial score (nSPS) is 10.5. The number of nitrogens with one attached hydrogen (secondary N) is 1. The molecule has 2 aromatic rings. The maximum absolute atomic E-state index is 12.9. The Labute approximate surface area is 100 Å². The van der Waals surface area contributed by atoms with Crippen LogP contribution in [-0.4, -0.2) is 9.55 Å². The highest BCUT2D eigenvalue weighted by Crippen LogP contribution is 2.12. The molecule has 0 atom stereocenters. The van der Waals surface area contributed by atoms with Crippen molar-refractivity contribution in [2.75, 3.05) is 0 Å². The van der Waals surface area contributed by atoms with Crippen molar-refractivity contribution in [2.45, 2.75) is 6.92 Å². The second-order valence-electron chi connectivity index (χ2n) is 3.53. The molecule has 1 N–H and O–H groups in total. The smallest absolute Gasteiger partial charge is 0.297 e. The average Bonchev–Trinajstić information content (AvgIpc) is 2.19. The van der Waals surface area contributed by atoms with Crippen LogP contribution in [0.15, 0.2) is 33.9 Å². The summed E-state index contributed by atoms with van der Waals surface area (Å²) in [5.74, 6) is -0.426. The number of rotatable bonds is 1. The fraction of sp³-hybridized carbons (Fsp3) is 0.0909. The zero-order chi connectivity index (χ0) is 12.6. The third-order valence-electron chi connectivity index (χ3n) is 2.30. The molecule has 1 aromatic carbocycles. The highest BCUT2D eigenvalue weighted by molar-refractivity contribution is 6.29. The van der Waals surface area contributed by atoms with Crippen molar-refractivity contribution in [2.24, 2.45) is 0 Å². The van der Waals surface area contributed by atoms with E-state index in [4.69, 9.17) is 11.6 Å². The Hall–Kier alpha value is -1.88. The van der Waals surface area contributed by atoms with Crippen LogP contribution in [0.5, 0.6) is 0 Å². The summed E-state index contributed by atoms with van der Waals surface area (Å²) in [6.45, 7) is 1.61. The van der Waals surface area contributed by atoms with Crippen molar-refractivity contribution in [3.63, 3.8) is 0 Å². The molecule has 17 heavy (non-hydrogen) atoms. The highest BCUT2D eigenvalue weighted by atomic mass is 35.5. The average molecular weight is 255 g/mol. The number of aromatic amines is 1. The zero-order valence-corrected chi connectivity index (χ0v) is 9.58. The zero-order valence-electron chi connectivity index (χ0n) is 8.83. The summed E-state index contributed by atoms with van der Waals surface area (Å²) in [4.78, 5) is 25.6. The lowest BCUT2D eigenvalue weighted by Crippen LogP contribution is -2.33. The molecule has 0 spiro atoms. The molecule has 0 bridgehead atoms. The molecule has 0 saturated heterocycles. The molecule has 0 aliphatic rings. The first-order valence-corrected chi connectivity index (χ1v) is 5.15. The Morgan fingerprint density at radius 1 is 1.29 bits per heavy atom. The Kier molecular flexibility index (Phi) is 2.85. The van der Waals surface area contributed by atoms with Crippen LogP contribution in [0.3, 0.4) is 0 Å². The largest absolute Gasteiger partial charge is 0.334 e. The van der Waals surface area contributed by atoms with Crippen molar-refractivity contribution in [3.8, 4) is 5.69 Å². The van der Waals surface area contributed by atoms with E-state index in [1.54, 1.807) is 6.92 Å². The van der Waals surface area contributed by atoms with E-state index in [1.807, 2.05) is 0 Å². The predicted molar refractivity (Wildman–Crippen MR) is 62.4 cm³/mol. The summed E-state index contributed by atoms with van der Waals surface area (Å²) in [5.41, 5.74) is -0.403.